The van der Waals surface area contributed by atoms with Crippen molar-refractivity contribution >= 4 is 0 Å². The average molecular weight is 285 g/mol. The molecule has 114 valence electrons. The average Bonchev–Trinajstić information content (AvgIpc) is 2.47. The number of methoxy groups -OCH3 is 2. The molecule has 0 saturated heterocycles. The lowest BCUT2D eigenvalue weighted by Gasteiger charge is -2.17. The summed E-state index contributed by atoms with van der Waals surface area (Å²) in [4.78, 5) is 0. The Morgan fingerprint density at radius 1 is 1.20 bits per heavy atom. The van der Waals surface area contributed by atoms with Gasteiger partial charge in [0.1, 0.15) is 0 Å². The summed E-state index contributed by atoms with van der Waals surface area (Å²) in [6.07, 6.45) is 1.99. The van der Waals surface area contributed by atoms with Crippen molar-refractivity contribution in [2.75, 3.05) is 27.5 Å². The van der Waals surface area contributed by atoms with Crippen LogP contribution in [0.15, 0.2) is 12.1 Å². The van der Waals surface area contributed by atoms with Gasteiger partial charge in [-0.2, -0.15) is 0 Å². The van der Waals surface area contributed by atoms with E-state index in [2.05, 4.69) is 0 Å². The quantitative estimate of drug-likeness (QED) is 0.709. The second-order valence-electron chi connectivity index (χ2n) is 4.59. The maximum absolute atomic E-state index is 12.2. The van der Waals surface area contributed by atoms with E-state index in [0.717, 1.165) is 18.4 Å². The standard InChI is InChI=1S/C15H24FNO3/c1-4-12(17)8-11-9-13(18-2)15(14(10-11)19-3)20-7-5-6-16/h9-10,12H,4-8,17H2,1-3H3. The normalized spacial score (nSPS) is 12.1. The second kappa shape index (κ2) is 8.64. The van der Waals surface area contributed by atoms with E-state index in [4.69, 9.17) is 19.9 Å². The Morgan fingerprint density at radius 2 is 1.80 bits per heavy atom. The van der Waals surface area contributed by atoms with Crippen LogP contribution in [-0.2, 0) is 6.42 Å². The molecule has 0 heterocycles. The third-order valence-electron chi connectivity index (χ3n) is 3.07. The van der Waals surface area contributed by atoms with Gasteiger partial charge >= 0.3 is 0 Å². The summed E-state index contributed by atoms with van der Waals surface area (Å²) >= 11 is 0. The molecule has 1 atom stereocenters. The molecule has 5 heteroatoms. The molecular weight excluding hydrogens is 261 g/mol. The van der Waals surface area contributed by atoms with Gasteiger partial charge in [-0.25, -0.2) is 0 Å². The number of alkyl halides is 1. The molecule has 2 N–H and O–H groups in total. The van der Waals surface area contributed by atoms with E-state index in [1.54, 1.807) is 14.2 Å². The maximum atomic E-state index is 12.2. The molecule has 0 radical (unpaired) electrons. The minimum atomic E-state index is -0.409. The largest absolute Gasteiger partial charge is 0.493 e. The van der Waals surface area contributed by atoms with Crippen molar-refractivity contribution < 1.29 is 18.6 Å². The van der Waals surface area contributed by atoms with Crippen molar-refractivity contribution in [2.45, 2.75) is 32.2 Å². The number of benzene rings is 1. The molecule has 0 aliphatic rings. The molecule has 1 rings (SSSR count). The lowest BCUT2D eigenvalue weighted by Crippen LogP contribution is -2.21. The molecule has 0 fully saturated rings. The Hall–Kier alpha value is -1.49. The first-order chi connectivity index (χ1) is 9.65. The summed E-state index contributed by atoms with van der Waals surface area (Å²) < 4.78 is 28.4. The van der Waals surface area contributed by atoms with Gasteiger partial charge in [0.25, 0.3) is 0 Å². The summed E-state index contributed by atoms with van der Waals surface area (Å²) in [6, 6.07) is 3.88. The van der Waals surface area contributed by atoms with E-state index in [1.165, 1.54) is 0 Å². The van der Waals surface area contributed by atoms with Crippen LogP contribution in [0, 0.1) is 0 Å². The van der Waals surface area contributed by atoms with Crippen LogP contribution < -0.4 is 19.9 Å². The summed E-state index contributed by atoms with van der Waals surface area (Å²) in [5, 5.41) is 0. The summed E-state index contributed by atoms with van der Waals surface area (Å²) in [7, 11) is 3.14. The van der Waals surface area contributed by atoms with E-state index in [9.17, 15) is 4.39 Å². The third-order valence-corrected chi connectivity index (χ3v) is 3.07. The van der Waals surface area contributed by atoms with Crippen molar-refractivity contribution in [3.63, 3.8) is 0 Å². The Kier molecular flexibility index (Phi) is 7.15. The monoisotopic (exact) mass is 285 g/mol. The lowest BCUT2D eigenvalue weighted by molar-refractivity contribution is 0.258. The van der Waals surface area contributed by atoms with Gasteiger partial charge in [0.15, 0.2) is 11.5 Å². The molecule has 1 unspecified atom stereocenters. The molecule has 0 aromatic heterocycles. The van der Waals surface area contributed by atoms with Gasteiger partial charge in [-0.05, 0) is 30.5 Å². The molecule has 1 aromatic rings. The minimum Gasteiger partial charge on any atom is -0.493 e. The maximum Gasteiger partial charge on any atom is 0.203 e. The first-order valence-electron chi connectivity index (χ1n) is 6.85. The lowest BCUT2D eigenvalue weighted by atomic mass is 10.0. The van der Waals surface area contributed by atoms with Crippen LogP contribution in [0.1, 0.15) is 25.3 Å². The molecule has 0 bridgehead atoms. The SMILES string of the molecule is CCC(N)Cc1cc(OC)c(OCCCF)c(OC)c1. The van der Waals surface area contributed by atoms with Crippen LogP contribution in [0.5, 0.6) is 17.2 Å². The van der Waals surface area contributed by atoms with E-state index in [-0.39, 0.29) is 12.6 Å². The molecule has 0 aliphatic heterocycles. The Morgan fingerprint density at radius 3 is 2.25 bits per heavy atom. The van der Waals surface area contributed by atoms with Crippen LogP contribution in [0.2, 0.25) is 0 Å². The molecule has 1 aromatic carbocycles. The van der Waals surface area contributed by atoms with Crippen LogP contribution in [0.3, 0.4) is 0 Å². The highest BCUT2D eigenvalue weighted by Crippen LogP contribution is 2.39. The Labute approximate surface area is 120 Å². The summed E-state index contributed by atoms with van der Waals surface area (Å²) in [5.41, 5.74) is 7.00. The number of nitrogens with two attached hydrogens (primary N) is 1. The Balaban J connectivity index is 2.98. The molecule has 0 aliphatic carbocycles. The van der Waals surface area contributed by atoms with Gasteiger partial charge in [-0.1, -0.05) is 6.92 Å². The van der Waals surface area contributed by atoms with E-state index >= 15 is 0 Å². The van der Waals surface area contributed by atoms with Crippen molar-refractivity contribution in [1.82, 2.24) is 0 Å². The van der Waals surface area contributed by atoms with Crippen molar-refractivity contribution in [3.8, 4) is 17.2 Å². The minimum absolute atomic E-state index is 0.0997. The highest BCUT2D eigenvalue weighted by molar-refractivity contribution is 5.54. The predicted octanol–water partition coefficient (Wildman–Crippen LogP) is 2.72. The predicted molar refractivity (Wildman–Crippen MR) is 77.6 cm³/mol. The van der Waals surface area contributed by atoms with Gasteiger partial charge in [0.05, 0.1) is 27.5 Å². The Bertz CT molecular complexity index is 387. The van der Waals surface area contributed by atoms with Crippen LogP contribution >= 0.6 is 0 Å². The topological polar surface area (TPSA) is 53.7 Å². The summed E-state index contributed by atoms with van der Waals surface area (Å²) in [5.74, 6) is 1.68. The fraction of sp³-hybridized carbons (Fsp3) is 0.600. The van der Waals surface area contributed by atoms with Gasteiger partial charge in [0, 0.05) is 12.5 Å². The molecule has 0 saturated carbocycles. The van der Waals surface area contributed by atoms with Crippen molar-refractivity contribution in [2.24, 2.45) is 5.73 Å². The first-order valence-corrected chi connectivity index (χ1v) is 6.85. The second-order valence-corrected chi connectivity index (χ2v) is 4.59. The third kappa shape index (κ3) is 4.56. The molecule has 0 amide bonds. The molecule has 4 nitrogen and oxygen atoms in total. The highest BCUT2D eigenvalue weighted by Gasteiger charge is 2.15. The fourth-order valence-electron chi connectivity index (χ4n) is 1.87. The number of ether oxygens (including phenoxy) is 3. The zero-order valence-electron chi connectivity index (χ0n) is 12.4. The van der Waals surface area contributed by atoms with Crippen molar-refractivity contribution in [1.29, 1.82) is 0 Å². The highest BCUT2D eigenvalue weighted by atomic mass is 19.1. The van der Waals surface area contributed by atoms with Gasteiger partial charge in [-0.3, -0.25) is 4.39 Å². The van der Waals surface area contributed by atoms with E-state index < -0.39 is 6.67 Å². The van der Waals surface area contributed by atoms with Crippen molar-refractivity contribution in [3.05, 3.63) is 17.7 Å². The number of hydrogen-bond donors (Lipinski definition) is 1. The zero-order valence-corrected chi connectivity index (χ0v) is 12.4. The van der Waals surface area contributed by atoms with E-state index in [0.29, 0.717) is 23.7 Å². The number of hydrogen-bond acceptors (Lipinski definition) is 4. The fourth-order valence-corrected chi connectivity index (χ4v) is 1.87. The smallest absolute Gasteiger partial charge is 0.203 e. The van der Waals surface area contributed by atoms with Crippen LogP contribution in [0.25, 0.3) is 0 Å². The number of halogens is 1. The van der Waals surface area contributed by atoms with E-state index in [1.807, 2.05) is 19.1 Å². The van der Waals surface area contributed by atoms with Gasteiger partial charge in [0.2, 0.25) is 5.75 Å². The van der Waals surface area contributed by atoms with Gasteiger partial charge in [-0.15, -0.1) is 0 Å². The molecule has 20 heavy (non-hydrogen) atoms. The zero-order chi connectivity index (χ0) is 15.0. The van der Waals surface area contributed by atoms with Gasteiger partial charge < -0.3 is 19.9 Å². The summed E-state index contributed by atoms with van der Waals surface area (Å²) in [6.45, 7) is 1.93. The first kappa shape index (κ1) is 16.6. The number of rotatable bonds is 9. The molecular formula is C15H24FNO3. The molecule has 0 spiro atoms. The van der Waals surface area contributed by atoms with Crippen LogP contribution in [-0.4, -0.2) is 33.5 Å². The van der Waals surface area contributed by atoms with Crippen LogP contribution in [0.4, 0.5) is 4.39 Å².